The van der Waals surface area contributed by atoms with Crippen molar-refractivity contribution in [1.82, 2.24) is 0 Å². The van der Waals surface area contributed by atoms with Crippen LogP contribution in [0.5, 0.6) is 0 Å². The molecule has 1 amide bonds. The van der Waals surface area contributed by atoms with Gasteiger partial charge in [0.05, 0.1) is 6.61 Å². The highest BCUT2D eigenvalue weighted by Crippen LogP contribution is 1.81. The first-order valence-electron chi connectivity index (χ1n) is 2.46. The molecule has 54 valence electrons. The number of amides is 1. The lowest BCUT2D eigenvalue weighted by atomic mass is 10.9. The average molecular weight is 151 g/mol. The molecular weight excluding hydrogens is 142 g/mol. The van der Waals surface area contributed by atoms with E-state index in [1.807, 2.05) is 0 Å². The van der Waals surface area contributed by atoms with E-state index in [1.165, 1.54) is 6.26 Å². The van der Waals surface area contributed by atoms with Gasteiger partial charge in [0, 0.05) is 16.9 Å². The molecule has 0 rings (SSSR count). The van der Waals surface area contributed by atoms with Crippen molar-refractivity contribution < 1.29 is 13.7 Å². The molecule has 0 heterocycles. The van der Waals surface area contributed by atoms with Gasteiger partial charge in [-0.2, -0.15) is 0 Å². The van der Waals surface area contributed by atoms with Gasteiger partial charge in [0.25, 0.3) is 0 Å². The third-order valence-electron chi connectivity index (χ3n) is 0.490. The zero-order valence-electron chi connectivity index (χ0n) is 5.33. The number of ether oxygens (including phenoxy) is 1. The van der Waals surface area contributed by atoms with Gasteiger partial charge in [-0.05, 0) is 6.92 Å². The van der Waals surface area contributed by atoms with Crippen LogP contribution in [0.1, 0.15) is 6.92 Å². The fraction of sp³-hybridized carbons (Fsp3) is 0.750. The van der Waals surface area contributed by atoms with Crippen molar-refractivity contribution in [3.8, 4) is 0 Å². The summed E-state index contributed by atoms with van der Waals surface area (Å²) in [6, 6.07) is 0. The van der Waals surface area contributed by atoms with Crippen LogP contribution in [0.4, 0.5) is 4.79 Å². The maximum atomic E-state index is 10.3. The van der Waals surface area contributed by atoms with E-state index in [4.69, 9.17) is 0 Å². The molecule has 0 aliphatic heterocycles. The van der Waals surface area contributed by atoms with Gasteiger partial charge in [-0.1, -0.05) is 0 Å². The second kappa shape index (κ2) is 4.31. The quantitative estimate of drug-likeness (QED) is 0.553. The summed E-state index contributed by atoms with van der Waals surface area (Å²) in [5, 5.41) is 0. The Morgan fingerprint density at radius 2 is 2.33 bits per heavy atom. The zero-order chi connectivity index (χ0) is 7.28. The molecule has 0 aromatic rings. The molecule has 0 bridgehead atoms. The molecule has 1 unspecified atom stereocenters. The maximum Gasteiger partial charge on any atom is 0.441 e. The summed E-state index contributed by atoms with van der Waals surface area (Å²) >= 11 is 0. The molecule has 0 spiro atoms. The minimum atomic E-state index is -1.75. The Hall–Kier alpha value is -0.580. The largest absolute Gasteiger partial charge is 0.448 e. The summed E-state index contributed by atoms with van der Waals surface area (Å²) in [7, 11) is -1.75. The van der Waals surface area contributed by atoms with E-state index in [0.717, 1.165) is 0 Å². The fourth-order valence-electron chi connectivity index (χ4n) is 0.267. The number of rotatable bonds is 1. The molecule has 0 N–H and O–H groups in total. The molecule has 0 saturated carbocycles. The van der Waals surface area contributed by atoms with E-state index in [0.29, 0.717) is 0 Å². The van der Waals surface area contributed by atoms with Crippen LogP contribution in [0.2, 0.25) is 0 Å². The van der Waals surface area contributed by atoms with Crippen molar-refractivity contribution in [3.05, 3.63) is 0 Å². The van der Waals surface area contributed by atoms with Crippen LogP contribution >= 0.6 is 0 Å². The Bertz CT molecular complexity index is 171. The van der Waals surface area contributed by atoms with Crippen molar-refractivity contribution in [2.45, 2.75) is 6.92 Å². The van der Waals surface area contributed by atoms with Gasteiger partial charge < -0.3 is 4.74 Å². The summed E-state index contributed by atoms with van der Waals surface area (Å²) in [4.78, 5) is 10.3. The molecule has 1 atom stereocenters. The van der Waals surface area contributed by atoms with E-state index < -0.39 is 16.7 Å². The summed E-state index contributed by atoms with van der Waals surface area (Å²) in [6.07, 6.45) is 0.591. The molecule has 0 aliphatic rings. The molecule has 0 aromatic heterocycles. The third-order valence-corrected chi connectivity index (χ3v) is 0.935. The maximum absolute atomic E-state index is 10.3. The lowest BCUT2D eigenvalue weighted by molar-refractivity contribution is 0.164. The Labute approximate surface area is 55.4 Å². The summed E-state index contributed by atoms with van der Waals surface area (Å²) in [6.45, 7) is 1.93. The Balaban J connectivity index is 3.78. The topological polar surface area (TPSA) is 55.7 Å². The van der Waals surface area contributed by atoms with E-state index >= 15 is 0 Å². The van der Waals surface area contributed by atoms with Crippen LogP contribution in [0.25, 0.3) is 0 Å². The highest BCUT2D eigenvalue weighted by Gasteiger charge is 1.92. The van der Waals surface area contributed by atoms with Crippen molar-refractivity contribution in [2.75, 3.05) is 12.9 Å². The number of hydrogen-bond donors (Lipinski definition) is 1. The molecule has 5 heteroatoms. The van der Waals surface area contributed by atoms with Crippen molar-refractivity contribution in [3.63, 3.8) is 0 Å². The summed E-state index contributed by atoms with van der Waals surface area (Å²) < 4.78 is 17.7. The molecule has 0 aromatic carbocycles. The van der Waals surface area contributed by atoms with Crippen LogP contribution < -0.4 is 0 Å². The average Bonchev–Trinajstić information content (AvgIpc) is 1.63. The first-order chi connectivity index (χ1) is 4.16. The van der Waals surface area contributed by atoms with E-state index in [-0.39, 0.29) is 6.61 Å². The minimum Gasteiger partial charge on any atom is -0.448 e. The standard InChI is InChI=1S/C4H9NO3S/c1-3-8-4(6)5-9(2)7/h9H,3H2,1-2H3. The van der Waals surface area contributed by atoms with Gasteiger partial charge in [0.2, 0.25) is 0 Å². The number of nitrogens with zero attached hydrogens (tertiary/aromatic N) is 1. The molecule has 4 nitrogen and oxygen atoms in total. The third kappa shape index (κ3) is 5.29. The Morgan fingerprint density at radius 1 is 1.78 bits per heavy atom. The van der Waals surface area contributed by atoms with Crippen LogP contribution in [-0.4, -0.2) is 23.2 Å². The summed E-state index contributed by atoms with van der Waals surface area (Å²) in [5.41, 5.74) is 0. The normalized spacial score (nSPS) is 13.1. The van der Waals surface area contributed by atoms with Crippen molar-refractivity contribution in [2.24, 2.45) is 4.36 Å². The van der Waals surface area contributed by atoms with Gasteiger partial charge in [-0.3, -0.25) is 4.21 Å². The Kier molecular flexibility index (Phi) is 4.04. The lowest BCUT2D eigenvalue weighted by Gasteiger charge is -1.90. The highest BCUT2D eigenvalue weighted by atomic mass is 32.2. The van der Waals surface area contributed by atoms with Gasteiger partial charge in [0.1, 0.15) is 0 Å². The van der Waals surface area contributed by atoms with Crippen LogP contribution in [0, 0.1) is 0 Å². The number of thiol groups is 1. The predicted molar refractivity (Wildman–Crippen MR) is 34.9 cm³/mol. The predicted octanol–water partition coefficient (Wildman–Crippen LogP) is 0.437. The van der Waals surface area contributed by atoms with Crippen LogP contribution in [0.3, 0.4) is 0 Å². The lowest BCUT2D eigenvalue weighted by Crippen LogP contribution is -1.96. The number of carbonyl (C=O) groups is 1. The van der Waals surface area contributed by atoms with Gasteiger partial charge in [0.15, 0.2) is 0 Å². The number of hydrogen-bond acceptors (Lipinski definition) is 3. The monoisotopic (exact) mass is 151 g/mol. The Morgan fingerprint density at radius 3 is 2.67 bits per heavy atom. The summed E-state index contributed by atoms with van der Waals surface area (Å²) in [5.74, 6) is 0. The first-order valence-corrected chi connectivity index (χ1v) is 4.12. The molecule has 0 aliphatic carbocycles. The van der Waals surface area contributed by atoms with Crippen molar-refractivity contribution >= 4 is 16.7 Å². The highest BCUT2D eigenvalue weighted by molar-refractivity contribution is 7.74. The minimum absolute atomic E-state index is 0.269. The molecule has 9 heavy (non-hydrogen) atoms. The van der Waals surface area contributed by atoms with E-state index in [9.17, 15) is 9.00 Å². The molecule has 0 saturated heterocycles. The van der Waals surface area contributed by atoms with Crippen LogP contribution in [-0.2, 0) is 15.3 Å². The van der Waals surface area contributed by atoms with Gasteiger partial charge in [-0.25, -0.2) is 4.79 Å². The second-order valence-corrected chi connectivity index (χ2v) is 2.39. The smallest absolute Gasteiger partial charge is 0.441 e. The molecular formula is C4H9NO3S. The van der Waals surface area contributed by atoms with Gasteiger partial charge in [-0.15, -0.1) is 4.36 Å². The molecule has 0 fully saturated rings. The van der Waals surface area contributed by atoms with Gasteiger partial charge >= 0.3 is 6.09 Å². The molecule has 0 radical (unpaired) electrons. The second-order valence-electron chi connectivity index (χ2n) is 1.26. The first kappa shape index (κ1) is 8.42. The zero-order valence-corrected chi connectivity index (χ0v) is 6.22. The van der Waals surface area contributed by atoms with Crippen molar-refractivity contribution in [1.29, 1.82) is 0 Å². The number of carbonyl (C=O) groups excluding carboxylic acids is 1. The van der Waals surface area contributed by atoms with Crippen LogP contribution in [0.15, 0.2) is 4.36 Å². The SMILES string of the molecule is CCOC(=O)/N=[SH](/C)=O. The van der Waals surface area contributed by atoms with E-state index in [2.05, 4.69) is 9.10 Å². The van der Waals surface area contributed by atoms with E-state index in [1.54, 1.807) is 6.92 Å². The fourth-order valence-corrected chi connectivity index (χ4v) is 0.555.